The molecule has 1 heterocycles. The van der Waals surface area contributed by atoms with Crippen molar-refractivity contribution in [3.05, 3.63) is 0 Å². The molecule has 1 rings (SSSR count). The molecule has 0 aromatic carbocycles. The van der Waals surface area contributed by atoms with Crippen LogP contribution in [0.4, 0.5) is 0 Å². The molecule has 1 saturated heterocycles. The van der Waals surface area contributed by atoms with E-state index in [1.165, 1.54) is 32.5 Å². The van der Waals surface area contributed by atoms with Gasteiger partial charge in [0.2, 0.25) is 0 Å². The minimum atomic E-state index is 0.497. The molecule has 3 heteroatoms. The van der Waals surface area contributed by atoms with Crippen LogP contribution in [-0.2, 0) is 4.74 Å². The van der Waals surface area contributed by atoms with Crippen molar-refractivity contribution in [2.45, 2.75) is 52.6 Å². The first-order valence-electron chi connectivity index (χ1n) is 7.50. The van der Waals surface area contributed by atoms with Crippen LogP contribution in [0.2, 0.25) is 0 Å². The van der Waals surface area contributed by atoms with Gasteiger partial charge in [-0.1, -0.05) is 27.7 Å². The average Bonchev–Trinajstić information content (AvgIpc) is 2.30. The van der Waals surface area contributed by atoms with E-state index in [-0.39, 0.29) is 0 Å². The standard InChI is InChI=1S/C15H32N2O/c1-12(2)10-17-8-6-14(7-9-17)16-15(11-18-5)13(3)4/h12-16H,6-11H2,1-5H3. The molecule has 1 N–H and O–H groups in total. The van der Waals surface area contributed by atoms with E-state index < -0.39 is 0 Å². The van der Waals surface area contributed by atoms with Gasteiger partial charge in [0.15, 0.2) is 0 Å². The number of hydrogen-bond donors (Lipinski definition) is 1. The Bertz CT molecular complexity index is 211. The van der Waals surface area contributed by atoms with Gasteiger partial charge >= 0.3 is 0 Å². The number of nitrogens with one attached hydrogen (secondary N) is 1. The maximum Gasteiger partial charge on any atom is 0.0618 e. The third kappa shape index (κ3) is 5.68. The number of rotatable bonds is 7. The lowest BCUT2D eigenvalue weighted by Crippen LogP contribution is -2.49. The largest absolute Gasteiger partial charge is 0.383 e. The molecular weight excluding hydrogens is 224 g/mol. The minimum absolute atomic E-state index is 0.497. The second-order valence-electron chi connectivity index (χ2n) is 6.44. The molecule has 0 amide bonds. The minimum Gasteiger partial charge on any atom is -0.383 e. The van der Waals surface area contributed by atoms with Crippen LogP contribution in [0, 0.1) is 11.8 Å². The van der Waals surface area contributed by atoms with Gasteiger partial charge in [-0.25, -0.2) is 0 Å². The monoisotopic (exact) mass is 256 g/mol. The summed E-state index contributed by atoms with van der Waals surface area (Å²) in [6.07, 6.45) is 2.55. The summed E-state index contributed by atoms with van der Waals surface area (Å²) in [5.41, 5.74) is 0. The Morgan fingerprint density at radius 3 is 2.22 bits per heavy atom. The average molecular weight is 256 g/mol. The zero-order valence-corrected chi connectivity index (χ0v) is 12.9. The van der Waals surface area contributed by atoms with Crippen LogP contribution in [0.3, 0.4) is 0 Å². The quantitative estimate of drug-likeness (QED) is 0.757. The number of likely N-dealkylation sites (tertiary alicyclic amines) is 1. The van der Waals surface area contributed by atoms with Crippen molar-refractivity contribution >= 4 is 0 Å². The summed E-state index contributed by atoms with van der Waals surface area (Å²) in [7, 11) is 1.79. The fraction of sp³-hybridized carbons (Fsp3) is 1.00. The lowest BCUT2D eigenvalue weighted by molar-refractivity contribution is 0.121. The fourth-order valence-corrected chi connectivity index (χ4v) is 2.71. The molecular formula is C15H32N2O. The maximum absolute atomic E-state index is 5.31. The van der Waals surface area contributed by atoms with Gasteiger partial charge in [0.25, 0.3) is 0 Å². The molecule has 108 valence electrons. The van der Waals surface area contributed by atoms with Crippen LogP contribution in [0.25, 0.3) is 0 Å². The first kappa shape index (κ1) is 15.9. The Morgan fingerprint density at radius 1 is 1.17 bits per heavy atom. The molecule has 1 aliphatic heterocycles. The highest BCUT2D eigenvalue weighted by atomic mass is 16.5. The second-order valence-corrected chi connectivity index (χ2v) is 6.44. The summed E-state index contributed by atoms with van der Waals surface area (Å²) >= 11 is 0. The molecule has 1 fully saturated rings. The molecule has 0 aliphatic carbocycles. The Hall–Kier alpha value is -0.120. The van der Waals surface area contributed by atoms with Crippen LogP contribution in [-0.4, -0.2) is 50.3 Å². The van der Waals surface area contributed by atoms with Crippen molar-refractivity contribution in [2.24, 2.45) is 11.8 Å². The van der Waals surface area contributed by atoms with Crippen LogP contribution < -0.4 is 5.32 Å². The molecule has 0 bridgehead atoms. The Labute approximate surface area is 113 Å². The van der Waals surface area contributed by atoms with Gasteiger partial charge in [-0.05, 0) is 37.8 Å². The molecule has 0 aromatic rings. The number of hydrogen-bond acceptors (Lipinski definition) is 3. The van der Waals surface area contributed by atoms with Crippen LogP contribution in [0.5, 0.6) is 0 Å². The zero-order valence-electron chi connectivity index (χ0n) is 12.9. The molecule has 0 saturated carbocycles. The first-order valence-corrected chi connectivity index (χ1v) is 7.50. The number of ether oxygens (including phenoxy) is 1. The van der Waals surface area contributed by atoms with E-state index in [0.29, 0.717) is 18.0 Å². The normalized spacial score (nSPS) is 20.8. The van der Waals surface area contributed by atoms with Gasteiger partial charge in [0, 0.05) is 25.7 Å². The van der Waals surface area contributed by atoms with Crippen molar-refractivity contribution in [1.82, 2.24) is 10.2 Å². The summed E-state index contributed by atoms with van der Waals surface area (Å²) < 4.78 is 5.31. The van der Waals surface area contributed by atoms with Crippen molar-refractivity contribution in [2.75, 3.05) is 33.4 Å². The van der Waals surface area contributed by atoms with E-state index in [2.05, 4.69) is 37.9 Å². The van der Waals surface area contributed by atoms with E-state index >= 15 is 0 Å². The van der Waals surface area contributed by atoms with Crippen LogP contribution in [0.1, 0.15) is 40.5 Å². The smallest absolute Gasteiger partial charge is 0.0618 e. The van der Waals surface area contributed by atoms with Crippen LogP contribution in [0.15, 0.2) is 0 Å². The lowest BCUT2D eigenvalue weighted by atomic mass is 9.99. The maximum atomic E-state index is 5.31. The molecule has 0 radical (unpaired) electrons. The van der Waals surface area contributed by atoms with Crippen molar-refractivity contribution in [3.8, 4) is 0 Å². The van der Waals surface area contributed by atoms with Gasteiger partial charge in [0.1, 0.15) is 0 Å². The van der Waals surface area contributed by atoms with Gasteiger partial charge < -0.3 is 15.0 Å². The third-order valence-corrected chi connectivity index (χ3v) is 3.81. The zero-order chi connectivity index (χ0) is 13.5. The van der Waals surface area contributed by atoms with E-state index in [9.17, 15) is 0 Å². The number of nitrogens with zero attached hydrogens (tertiary/aromatic N) is 1. The Kier molecular flexibility index (Phi) is 7.20. The number of methoxy groups -OCH3 is 1. The molecule has 1 atom stereocenters. The van der Waals surface area contributed by atoms with Gasteiger partial charge in [0.05, 0.1) is 6.61 Å². The third-order valence-electron chi connectivity index (χ3n) is 3.81. The topological polar surface area (TPSA) is 24.5 Å². The van der Waals surface area contributed by atoms with Gasteiger partial charge in [-0.15, -0.1) is 0 Å². The summed E-state index contributed by atoms with van der Waals surface area (Å²) in [6, 6.07) is 1.17. The van der Waals surface area contributed by atoms with E-state index in [4.69, 9.17) is 4.74 Å². The van der Waals surface area contributed by atoms with E-state index in [0.717, 1.165) is 12.5 Å². The Morgan fingerprint density at radius 2 is 1.78 bits per heavy atom. The molecule has 3 nitrogen and oxygen atoms in total. The molecule has 1 aliphatic rings. The predicted molar refractivity (Wildman–Crippen MR) is 77.9 cm³/mol. The fourth-order valence-electron chi connectivity index (χ4n) is 2.71. The van der Waals surface area contributed by atoms with Crippen molar-refractivity contribution < 1.29 is 4.74 Å². The van der Waals surface area contributed by atoms with E-state index in [1.54, 1.807) is 7.11 Å². The van der Waals surface area contributed by atoms with E-state index in [1.807, 2.05) is 0 Å². The molecule has 0 aromatic heterocycles. The summed E-state index contributed by atoms with van der Waals surface area (Å²) in [6.45, 7) is 13.7. The highest BCUT2D eigenvalue weighted by Gasteiger charge is 2.23. The summed E-state index contributed by atoms with van der Waals surface area (Å²) in [5, 5.41) is 3.78. The van der Waals surface area contributed by atoms with Crippen LogP contribution >= 0.6 is 0 Å². The molecule has 1 unspecified atom stereocenters. The highest BCUT2D eigenvalue weighted by molar-refractivity contribution is 4.82. The van der Waals surface area contributed by atoms with Crippen molar-refractivity contribution in [3.63, 3.8) is 0 Å². The number of piperidine rings is 1. The van der Waals surface area contributed by atoms with Gasteiger partial charge in [-0.3, -0.25) is 0 Å². The first-order chi connectivity index (χ1) is 8.52. The summed E-state index contributed by atoms with van der Waals surface area (Å²) in [5.74, 6) is 1.42. The summed E-state index contributed by atoms with van der Waals surface area (Å²) in [4.78, 5) is 2.60. The molecule has 0 spiro atoms. The highest BCUT2D eigenvalue weighted by Crippen LogP contribution is 2.14. The second kappa shape index (κ2) is 8.13. The Balaban J connectivity index is 2.29. The predicted octanol–water partition coefficient (Wildman–Crippen LogP) is 2.37. The van der Waals surface area contributed by atoms with Gasteiger partial charge in [-0.2, -0.15) is 0 Å². The lowest BCUT2D eigenvalue weighted by Gasteiger charge is -2.36. The SMILES string of the molecule is COCC(NC1CCN(CC(C)C)CC1)C(C)C. The molecule has 18 heavy (non-hydrogen) atoms. The van der Waals surface area contributed by atoms with Crippen molar-refractivity contribution in [1.29, 1.82) is 0 Å².